The van der Waals surface area contributed by atoms with E-state index in [0.717, 1.165) is 11.8 Å². The number of thioether (sulfide) groups is 1. The number of carbonyl (C=O) groups is 3. The summed E-state index contributed by atoms with van der Waals surface area (Å²) >= 11 is 1.02. The van der Waals surface area contributed by atoms with Crippen LogP contribution in [-0.4, -0.2) is 63.8 Å². The summed E-state index contributed by atoms with van der Waals surface area (Å²) < 4.78 is 5.11. The van der Waals surface area contributed by atoms with Crippen LogP contribution >= 0.6 is 11.8 Å². The van der Waals surface area contributed by atoms with Crippen LogP contribution in [0.4, 0.5) is 4.79 Å². The molecule has 2 fully saturated rings. The molecule has 1 aromatic heterocycles. The summed E-state index contributed by atoms with van der Waals surface area (Å²) in [5.74, 6) is 0.104. The van der Waals surface area contributed by atoms with Gasteiger partial charge in [0.25, 0.3) is 11.1 Å². The maximum Gasteiger partial charge on any atom is 0.289 e. The number of methoxy groups -OCH3 is 1. The first kappa shape index (κ1) is 14.8. The molecule has 22 heavy (non-hydrogen) atoms. The minimum absolute atomic E-state index is 0.173. The van der Waals surface area contributed by atoms with Gasteiger partial charge in [-0.25, -0.2) is 4.98 Å². The molecule has 0 aliphatic carbocycles. The van der Waals surface area contributed by atoms with Crippen LogP contribution in [0.1, 0.15) is 16.8 Å². The number of rotatable bonds is 3. The van der Waals surface area contributed by atoms with Crippen LogP contribution in [0.15, 0.2) is 18.3 Å². The van der Waals surface area contributed by atoms with Crippen LogP contribution in [0.5, 0.6) is 5.88 Å². The summed E-state index contributed by atoms with van der Waals surface area (Å²) in [4.78, 5) is 43.0. The lowest BCUT2D eigenvalue weighted by molar-refractivity contribution is -0.126. The van der Waals surface area contributed by atoms with E-state index in [1.807, 2.05) is 0 Å². The minimum Gasteiger partial charge on any atom is -0.480 e. The maximum atomic E-state index is 12.6. The van der Waals surface area contributed by atoms with Crippen molar-refractivity contribution in [1.29, 1.82) is 0 Å². The minimum atomic E-state index is -0.235. The Morgan fingerprint density at radius 1 is 1.45 bits per heavy atom. The van der Waals surface area contributed by atoms with Gasteiger partial charge in [-0.2, -0.15) is 0 Å². The Morgan fingerprint density at radius 2 is 2.27 bits per heavy atom. The number of likely N-dealkylation sites (tertiary alicyclic amines) is 1. The first-order chi connectivity index (χ1) is 10.6. The lowest BCUT2D eigenvalue weighted by atomic mass is 10.2. The summed E-state index contributed by atoms with van der Waals surface area (Å²) in [6.45, 7) is 0.859. The second-order valence-electron chi connectivity index (χ2n) is 5.07. The zero-order chi connectivity index (χ0) is 15.7. The fraction of sp³-hybridized carbons (Fsp3) is 0.429. The second kappa shape index (κ2) is 5.96. The molecule has 3 heterocycles. The van der Waals surface area contributed by atoms with Crippen LogP contribution < -0.4 is 4.74 Å². The lowest BCUT2D eigenvalue weighted by Crippen LogP contribution is -2.41. The Bertz CT molecular complexity index is 620. The monoisotopic (exact) mass is 321 g/mol. The van der Waals surface area contributed by atoms with E-state index in [9.17, 15) is 14.4 Å². The number of imide groups is 1. The number of aromatic nitrogens is 1. The molecule has 1 unspecified atom stereocenters. The van der Waals surface area contributed by atoms with Crippen molar-refractivity contribution in [2.75, 3.05) is 26.0 Å². The fourth-order valence-corrected chi connectivity index (χ4v) is 3.52. The number of ether oxygens (including phenoxy) is 1. The van der Waals surface area contributed by atoms with Crippen LogP contribution in [-0.2, 0) is 4.79 Å². The van der Waals surface area contributed by atoms with Crippen LogP contribution in [0, 0.1) is 0 Å². The third-order valence-electron chi connectivity index (χ3n) is 3.80. The number of carbonyl (C=O) groups excluding carboxylic acids is 3. The van der Waals surface area contributed by atoms with Gasteiger partial charge in [0, 0.05) is 19.3 Å². The van der Waals surface area contributed by atoms with E-state index in [-0.39, 0.29) is 34.7 Å². The molecule has 2 aliphatic heterocycles. The lowest BCUT2D eigenvalue weighted by Gasteiger charge is -2.22. The topological polar surface area (TPSA) is 79.8 Å². The predicted molar refractivity (Wildman–Crippen MR) is 79.8 cm³/mol. The van der Waals surface area contributed by atoms with Crippen molar-refractivity contribution in [2.45, 2.75) is 12.5 Å². The van der Waals surface area contributed by atoms with E-state index in [0.29, 0.717) is 25.1 Å². The van der Waals surface area contributed by atoms with Crippen LogP contribution in [0.25, 0.3) is 0 Å². The van der Waals surface area contributed by atoms with Gasteiger partial charge in [-0.1, -0.05) is 11.8 Å². The molecule has 2 aliphatic rings. The van der Waals surface area contributed by atoms with Crippen molar-refractivity contribution in [2.24, 2.45) is 0 Å². The van der Waals surface area contributed by atoms with Gasteiger partial charge in [0.1, 0.15) is 5.56 Å². The SMILES string of the molecule is COc1ncccc1C(=O)N1CCC(N2C(=O)CSC2=O)C1. The van der Waals surface area contributed by atoms with Crippen molar-refractivity contribution >= 4 is 28.8 Å². The van der Waals surface area contributed by atoms with E-state index in [4.69, 9.17) is 4.74 Å². The Balaban J connectivity index is 1.74. The Hall–Kier alpha value is -2.09. The zero-order valence-corrected chi connectivity index (χ0v) is 12.8. The first-order valence-electron chi connectivity index (χ1n) is 6.89. The van der Waals surface area contributed by atoms with E-state index < -0.39 is 0 Å². The Labute approximate surface area is 131 Å². The summed E-state index contributed by atoms with van der Waals surface area (Å²) in [6.07, 6.45) is 2.16. The van der Waals surface area contributed by atoms with Gasteiger partial charge >= 0.3 is 0 Å². The van der Waals surface area contributed by atoms with Crippen molar-refractivity contribution in [3.05, 3.63) is 23.9 Å². The summed E-state index contributed by atoms with van der Waals surface area (Å²) in [5.41, 5.74) is 0.388. The Kier molecular flexibility index (Phi) is 4.02. The molecular weight excluding hydrogens is 306 g/mol. The fourth-order valence-electron chi connectivity index (χ4n) is 2.74. The average Bonchev–Trinajstić information content (AvgIpc) is 3.13. The predicted octanol–water partition coefficient (Wildman–Crippen LogP) is 1.00. The van der Waals surface area contributed by atoms with Crippen molar-refractivity contribution in [3.8, 4) is 5.88 Å². The summed E-state index contributed by atoms with van der Waals surface area (Å²) in [6, 6.07) is 3.10. The van der Waals surface area contributed by atoms with E-state index in [2.05, 4.69) is 4.98 Å². The van der Waals surface area contributed by atoms with Crippen LogP contribution in [0.2, 0.25) is 0 Å². The van der Waals surface area contributed by atoms with Gasteiger partial charge in [-0.3, -0.25) is 19.3 Å². The van der Waals surface area contributed by atoms with Crippen LogP contribution in [0.3, 0.4) is 0 Å². The molecule has 0 radical (unpaired) electrons. The van der Waals surface area contributed by atoms with Gasteiger partial charge in [-0.05, 0) is 18.6 Å². The molecule has 0 bridgehead atoms. The molecule has 0 saturated carbocycles. The van der Waals surface area contributed by atoms with Crippen molar-refractivity contribution < 1.29 is 19.1 Å². The molecule has 116 valence electrons. The second-order valence-corrected chi connectivity index (χ2v) is 6.00. The van der Waals surface area contributed by atoms with Gasteiger partial charge < -0.3 is 9.64 Å². The molecule has 3 amide bonds. The van der Waals surface area contributed by atoms with Gasteiger partial charge in [0.05, 0.1) is 18.9 Å². The third-order valence-corrected chi connectivity index (χ3v) is 4.63. The van der Waals surface area contributed by atoms with Crippen molar-refractivity contribution in [1.82, 2.24) is 14.8 Å². The molecule has 7 nitrogen and oxygen atoms in total. The molecule has 1 atom stereocenters. The molecule has 3 rings (SSSR count). The molecule has 0 N–H and O–H groups in total. The number of hydrogen-bond acceptors (Lipinski definition) is 6. The smallest absolute Gasteiger partial charge is 0.289 e. The standard InChI is InChI=1S/C14H15N3O4S/c1-21-12-10(3-2-5-15-12)13(19)16-6-4-9(7-16)17-11(18)8-22-14(17)20/h2-3,5,9H,4,6-8H2,1H3. The summed E-state index contributed by atoms with van der Waals surface area (Å²) in [5, 5.41) is -0.219. The average molecular weight is 321 g/mol. The van der Waals surface area contributed by atoms with E-state index in [1.165, 1.54) is 12.0 Å². The number of pyridine rings is 1. The highest BCUT2D eigenvalue weighted by atomic mass is 32.2. The normalized spacial score (nSPS) is 21.6. The molecule has 2 saturated heterocycles. The van der Waals surface area contributed by atoms with E-state index in [1.54, 1.807) is 23.2 Å². The highest BCUT2D eigenvalue weighted by molar-refractivity contribution is 8.14. The molecule has 0 spiro atoms. The Morgan fingerprint density at radius 3 is 2.95 bits per heavy atom. The number of nitrogens with zero attached hydrogens (tertiary/aromatic N) is 3. The quantitative estimate of drug-likeness (QED) is 0.826. The first-order valence-corrected chi connectivity index (χ1v) is 7.87. The highest BCUT2D eigenvalue weighted by Gasteiger charge is 2.40. The molecule has 8 heteroatoms. The van der Waals surface area contributed by atoms with Gasteiger partial charge in [-0.15, -0.1) is 0 Å². The third kappa shape index (κ3) is 2.54. The molecule has 0 aromatic carbocycles. The highest BCUT2D eigenvalue weighted by Crippen LogP contribution is 2.27. The van der Waals surface area contributed by atoms with Gasteiger partial charge in [0.2, 0.25) is 11.8 Å². The zero-order valence-electron chi connectivity index (χ0n) is 12.0. The van der Waals surface area contributed by atoms with Gasteiger partial charge in [0.15, 0.2) is 0 Å². The maximum absolute atomic E-state index is 12.6. The molecule has 1 aromatic rings. The van der Waals surface area contributed by atoms with Crippen molar-refractivity contribution in [3.63, 3.8) is 0 Å². The molecular formula is C14H15N3O4S. The largest absolute Gasteiger partial charge is 0.480 e. The summed E-state index contributed by atoms with van der Waals surface area (Å²) in [7, 11) is 1.46. The van der Waals surface area contributed by atoms with E-state index >= 15 is 0 Å². The number of hydrogen-bond donors (Lipinski definition) is 0. The number of amides is 3.